The predicted molar refractivity (Wildman–Crippen MR) is 107 cm³/mol. The summed E-state index contributed by atoms with van der Waals surface area (Å²) >= 11 is 0. The number of benzene rings is 2. The van der Waals surface area contributed by atoms with Crippen LogP contribution in [0, 0.1) is 10.1 Å². The molecule has 0 aliphatic carbocycles. The third kappa shape index (κ3) is 6.30. The number of carbonyl (C=O) groups excluding carboxylic acids is 3. The molecule has 10 heteroatoms. The molecule has 0 bridgehead atoms. The zero-order chi connectivity index (χ0) is 22.1. The Kier molecular flexibility index (Phi) is 7.86. The van der Waals surface area contributed by atoms with E-state index in [1.54, 1.807) is 24.3 Å². The van der Waals surface area contributed by atoms with E-state index in [1.807, 2.05) is 6.92 Å². The average Bonchev–Trinajstić information content (AvgIpc) is 2.73. The van der Waals surface area contributed by atoms with Gasteiger partial charge in [0.05, 0.1) is 11.5 Å². The molecular formula is C20H21N3O7. The summed E-state index contributed by atoms with van der Waals surface area (Å²) in [5.74, 6) is -1.45. The molecule has 0 aromatic heterocycles. The second-order valence-corrected chi connectivity index (χ2v) is 6.04. The Labute approximate surface area is 172 Å². The molecule has 30 heavy (non-hydrogen) atoms. The fourth-order valence-electron chi connectivity index (χ4n) is 2.39. The van der Waals surface area contributed by atoms with E-state index in [0.717, 1.165) is 0 Å². The van der Waals surface area contributed by atoms with Crippen LogP contribution in [-0.4, -0.2) is 42.0 Å². The summed E-state index contributed by atoms with van der Waals surface area (Å²) < 4.78 is 10.3. The predicted octanol–water partition coefficient (Wildman–Crippen LogP) is 2.29. The standard InChI is InChI=1S/C20H21N3O7/c1-3-29-15-10-8-14(9-11-15)20(26)21-12-18(24)30-13(2)19(25)22-16-6-4-5-7-17(16)23(27)28/h4-11,13H,3,12H2,1-2H3,(H,21,26)(H,22,25). The number of para-hydroxylation sites is 2. The maximum absolute atomic E-state index is 12.2. The Hall–Kier alpha value is -3.95. The summed E-state index contributed by atoms with van der Waals surface area (Å²) in [4.78, 5) is 46.5. The lowest BCUT2D eigenvalue weighted by atomic mass is 10.2. The molecule has 2 amide bonds. The van der Waals surface area contributed by atoms with E-state index in [0.29, 0.717) is 17.9 Å². The minimum absolute atomic E-state index is 0.0146. The van der Waals surface area contributed by atoms with Crippen molar-refractivity contribution in [2.75, 3.05) is 18.5 Å². The van der Waals surface area contributed by atoms with Crippen molar-refractivity contribution in [3.05, 3.63) is 64.2 Å². The number of hydrogen-bond acceptors (Lipinski definition) is 7. The van der Waals surface area contributed by atoms with Gasteiger partial charge in [-0.3, -0.25) is 24.5 Å². The number of nitro benzene ring substituents is 1. The summed E-state index contributed by atoms with van der Waals surface area (Å²) in [6.07, 6.45) is -1.22. The average molecular weight is 415 g/mol. The van der Waals surface area contributed by atoms with Crippen LogP contribution in [0.25, 0.3) is 0 Å². The lowest BCUT2D eigenvalue weighted by Gasteiger charge is -2.14. The topological polar surface area (TPSA) is 137 Å². The first-order chi connectivity index (χ1) is 14.3. The molecule has 2 rings (SSSR count). The van der Waals surface area contributed by atoms with Crippen LogP contribution in [0.1, 0.15) is 24.2 Å². The number of carbonyl (C=O) groups is 3. The van der Waals surface area contributed by atoms with Gasteiger partial charge in [0.15, 0.2) is 6.10 Å². The summed E-state index contributed by atoms with van der Waals surface area (Å²) in [5.41, 5.74) is 0.0274. The smallest absolute Gasteiger partial charge is 0.326 e. The number of rotatable bonds is 9. The van der Waals surface area contributed by atoms with Crippen LogP contribution in [0.4, 0.5) is 11.4 Å². The van der Waals surface area contributed by atoms with Crippen molar-refractivity contribution in [1.82, 2.24) is 5.32 Å². The van der Waals surface area contributed by atoms with Gasteiger partial charge in [-0.25, -0.2) is 0 Å². The second kappa shape index (κ2) is 10.6. The van der Waals surface area contributed by atoms with Gasteiger partial charge in [-0.2, -0.15) is 0 Å². The van der Waals surface area contributed by atoms with Crippen LogP contribution < -0.4 is 15.4 Å². The molecular weight excluding hydrogens is 394 g/mol. The zero-order valence-electron chi connectivity index (χ0n) is 16.4. The number of anilines is 1. The van der Waals surface area contributed by atoms with Crippen molar-refractivity contribution in [2.24, 2.45) is 0 Å². The fourth-order valence-corrected chi connectivity index (χ4v) is 2.39. The SMILES string of the molecule is CCOc1ccc(C(=O)NCC(=O)OC(C)C(=O)Nc2ccccc2[N+](=O)[O-])cc1. The highest BCUT2D eigenvalue weighted by Gasteiger charge is 2.21. The van der Waals surface area contributed by atoms with Gasteiger partial charge in [0, 0.05) is 11.6 Å². The van der Waals surface area contributed by atoms with Gasteiger partial charge in [-0.15, -0.1) is 0 Å². The lowest BCUT2D eigenvalue weighted by Crippen LogP contribution is -2.35. The minimum atomic E-state index is -1.22. The first kappa shape index (κ1) is 22.3. The van der Waals surface area contributed by atoms with Crippen molar-refractivity contribution in [2.45, 2.75) is 20.0 Å². The molecule has 0 saturated carbocycles. The van der Waals surface area contributed by atoms with Crippen molar-refractivity contribution in [3.8, 4) is 5.75 Å². The van der Waals surface area contributed by atoms with Crippen molar-refractivity contribution < 1.29 is 28.8 Å². The monoisotopic (exact) mass is 415 g/mol. The lowest BCUT2D eigenvalue weighted by molar-refractivity contribution is -0.383. The molecule has 0 fully saturated rings. The van der Waals surface area contributed by atoms with E-state index in [2.05, 4.69) is 10.6 Å². The quantitative estimate of drug-likeness (QED) is 0.364. The third-order valence-corrected chi connectivity index (χ3v) is 3.86. The molecule has 0 spiro atoms. The number of ether oxygens (including phenoxy) is 2. The van der Waals surface area contributed by atoms with Crippen LogP contribution in [0.5, 0.6) is 5.75 Å². The Balaban J connectivity index is 1.84. The molecule has 0 radical (unpaired) electrons. The van der Waals surface area contributed by atoms with E-state index in [9.17, 15) is 24.5 Å². The van der Waals surface area contributed by atoms with Crippen molar-refractivity contribution >= 4 is 29.2 Å². The Bertz CT molecular complexity index is 928. The number of nitrogens with zero attached hydrogens (tertiary/aromatic N) is 1. The van der Waals surface area contributed by atoms with Gasteiger partial charge < -0.3 is 20.1 Å². The second-order valence-electron chi connectivity index (χ2n) is 6.04. The molecule has 0 aliphatic rings. The first-order valence-electron chi connectivity index (χ1n) is 9.06. The molecule has 158 valence electrons. The van der Waals surface area contributed by atoms with Crippen LogP contribution in [0.2, 0.25) is 0 Å². The Morgan fingerprint density at radius 2 is 1.77 bits per heavy atom. The third-order valence-electron chi connectivity index (χ3n) is 3.86. The number of esters is 1. The summed E-state index contributed by atoms with van der Waals surface area (Å²) in [6.45, 7) is 3.21. The number of amides is 2. The van der Waals surface area contributed by atoms with Gasteiger partial charge in [0.2, 0.25) is 0 Å². The van der Waals surface area contributed by atoms with Gasteiger partial charge >= 0.3 is 5.97 Å². The largest absolute Gasteiger partial charge is 0.494 e. The van der Waals surface area contributed by atoms with Crippen LogP contribution in [0.15, 0.2) is 48.5 Å². The highest BCUT2D eigenvalue weighted by Crippen LogP contribution is 2.23. The molecule has 2 N–H and O–H groups in total. The molecule has 10 nitrogen and oxygen atoms in total. The number of nitrogens with one attached hydrogen (secondary N) is 2. The van der Waals surface area contributed by atoms with Crippen molar-refractivity contribution in [3.63, 3.8) is 0 Å². The zero-order valence-corrected chi connectivity index (χ0v) is 16.4. The number of nitro groups is 1. The van der Waals surface area contributed by atoms with Crippen LogP contribution in [0.3, 0.4) is 0 Å². The molecule has 0 heterocycles. The van der Waals surface area contributed by atoms with E-state index in [4.69, 9.17) is 9.47 Å². The van der Waals surface area contributed by atoms with E-state index in [1.165, 1.54) is 31.2 Å². The maximum Gasteiger partial charge on any atom is 0.326 e. The van der Waals surface area contributed by atoms with Crippen LogP contribution >= 0.6 is 0 Å². The summed E-state index contributed by atoms with van der Waals surface area (Å²) in [5, 5.41) is 15.7. The number of hydrogen-bond donors (Lipinski definition) is 2. The summed E-state index contributed by atoms with van der Waals surface area (Å²) in [7, 11) is 0. The van der Waals surface area contributed by atoms with E-state index in [-0.39, 0.29) is 11.4 Å². The fraction of sp³-hybridized carbons (Fsp3) is 0.250. The van der Waals surface area contributed by atoms with E-state index < -0.39 is 35.4 Å². The van der Waals surface area contributed by atoms with Gasteiger partial charge in [0.25, 0.3) is 17.5 Å². The highest BCUT2D eigenvalue weighted by atomic mass is 16.6. The molecule has 1 unspecified atom stereocenters. The molecule has 0 saturated heterocycles. The minimum Gasteiger partial charge on any atom is -0.494 e. The molecule has 2 aromatic rings. The Morgan fingerprint density at radius 3 is 2.40 bits per heavy atom. The van der Waals surface area contributed by atoms with Gasteiger partial charge in [0.1, 0.15) is 18.0 Å². The molecule has 0 aliphatic heterocycles. The maximum atomic E-state index is 12.2. The normalized spacial score (nSPS) is 11.1. The van der Waals surface area contributed by atoms with Crippen LogP contribution in [-0.2, 0) is 14.3 Å². The summed E-state index contributed by atoms with van der Waals surface area (Å²) in [6, 6.07) is 11.9. The van der Waals surface area contributed by atoms with Gasteiger partial charge in [-0.05, 0) is 44.2 Å². The highest BCUT2D eigenvalue weighted by molar-refractivity contribution is 5.98. The molecule has 1 atom stereocenters. The van der Waals surface area contributed by atoms with E-state index >= 15 is 0 Å². The van der Waals surface area contributed by atoms with Crippen molar-refractivity contribution in [1.29, 1.82) is 0 Å². The molecule has 2 aromatic carbocycles. The van der Waals surface area contributed by atoms with Gasteiger partial charge in [-0.1, -0.05) is 12.1 Å². The first-order valence-corrected chi connectivity index (χ1v) is 9.06. The Morgan fingerprint density at radius 1 is 1.10 bits per heavy atom.